The Kier molecular flexibility index (Phi) is 4.98. The van der Waals surface area contributed by atoms with E-state index in [2.05, 4.69) is 11.6 Å². The lowest BCUT2D eigenvalue weighted by atomic mass is 9.91. The molecule has 1 N–H and O–H groups in total. The molecule has 0 aromatic carbocycles. The zero-order valence-corrected chi connectivity index (χ0v) is 11.4. The van der Waals surface area contributed by atoms with E-state index in [0.29, 0.717) is 12.1 Å². The van der Waals surface area contributed by atoms with Gasteiger partial charge in [0.15, 0.2) is 0 Å². The molecule has 0 aromatic rings. The van der Waals surface area contributed by atoms with E-state index in [1.807, 2.05) is 18.9 Å². The van der Waals surface area contributed by atoms with Crippen LogP contribution in [0.15, 0.2) is 0 Å². The van der Waals surface area contributed by atoms with Crippen molar-refractivity contribution in [3.63, 3.8) is 0 Å². The molecule has 0 amide bonds. The molecule has 0 bridgehead atoms. The SMILES string of the molecule is COC1CCCCC1NC1CCC(SC)C1. The van der Waals surface area contributed by atoms with Crippen molar-refractivity contribution in [2.75, 3.05) is 13.4 Å². The Labute approximate surface area is 104 Å². The second-order valence-electron chi connectivity index (χ2n) is 5.20. The maximum Gasteiger partial charge on any atom is 0.0724 e. The summed E-state index contributed by atoms with van der Waals surface area (Å²) in [6.45, 7) is 0. The molecule has 2 nitrogen and oxygen atoms in total. The molecule has 0 radical (unpaired) electrons. The van der Waals surface area contributed by atoms with Crippen LogP contribution in [0.25, 0.3) is 0 Å². The average molecular weight is 243 g/mol. The Balaban J connectivity index is 1.79. The second kappa shape index (κ2) is 6.27. The second-order valence-corrected chi connectivity index (χ2v) is 6.34. The number of nitrogens with one attached hydrogen (secondary N) is 1. The summed E-state index contributed by atoms with van der Waals surface area (Å²) in [5.41, 5.74) is 0. The van der Waals surface area contributed by atoms with Gasteiger partial charge in [-0.05, 0) is 38.4 Å². The summed E-state index contributed by atoms with van der Waals surface area (Å²) in [7, 11) is 1.87. The van der Waals surface area contributed by atoms with Crippen LogP contribution < -0.4 is 5.32 Å². The molecule has 2 rings (SSSR count). The van der Waals surface area contributed by atoms with Gasteiger partial charge in [-0.2, -0.15) is 11.8 Å². The summed E-state index contributed by atoms with van der Waals surface area (Å²) in [5.74, 6) is 0. The van der Waals surface area contributed by atoms with E-state index in [-0.39, 0.29) is 0 Å². The van der Waals surface area contributed by atoms with E-state index < -0.39 is 0 Å². The van der Waals surface area contributed by atoms with E-state index in [9.17, 15) is 0 Å². The highest BCUT2D eigenvalue weighted by molar-refractivity contribution is 7.99. The zero-order chi connectivity index (χ0) is 11.4. The van der Waals surface area contributed by atoms with Gasteiger partial charge in [-0.1, -0.05) is 12.8 Å². The molecule has 0 aromatic heterocycles. The van der Waals surface area contributed by atoms with Gasteiger partial charge in [-0.15, -0.1) is 0 Å². The van der Waals surface area contributed by atoms with Crippen LogP contribution in [-0.4, -0.2) is 36.8 Å². The molecule has 0 spiro atoms. The first-order valence-corrected chi connectivity index (χ1v) is 7.94. The molecular weight excluding hydrogens is 218 g/mol. The van der Waals surface area contributed by atoms with Gasteiger partial charge in [0.2, 0.25) is 0 Å². The zero-order valence-electron chi connectivity index (χ0n) is 10.6. The number of methoxy groups -OCH3 is 1. The van der Waals surface area contributed by atoms with E-state index in [0.717, 1.165) is 11.3 Å². The summed E-state index contributed by atoms with van der Waals surface area (Å²) >= 11 is 2.03. The summed E-state index contributed by atoms with van der Waals surface area (Å²) in [4.78, 5) is 0. The summed E-state index contributed by atoms with van der Waals surface area (Å²) in [6, 6.07) is 1.36. The van der Waals surface area contributed by atoms with Crippen molar-refractivity contribution in [3.8, 4) is 0 Å². The van der Waals surface area contributed by atoms with Crippen LogP contribution in [0.5, 0.6) is 0 Å². The fraction of sp³-hybridized carbons (Fsp3) is 1.00. The number of rotatable bonds is 4. The van der Waals surface area contributed by atoms with Crippen molar-refractivity contribution in [2.24, 2.45) is 0 Å². The van der Waals surface area contributed by atoms with Crippen molar-refractivity contribution in [1.82, 2.24) is 5.32 Å². The van der Waals surface area contributed by atoms with Gasteiger partial charge < -0.3 is 10.1 Å². The van der Waals surface area contributed by atoms with E-state index in [1.165, 1.54) is 44.9 Å². The van der Waals surface area contributed by atoms with Crippen molar-refractivity contribution in [1.29, 1.82) is 0 Å². The molecule has 4 unspecified atom stereocenters. The Morgan fingerprint density at radius 1 is 1.12 bits per heavy atom. The fourth-order valence-electron chi connectivity index (χ4n) is 3.18. The van der Waals surface area contributed by atoms with Gasteiger partial charge >= 0.3 is 0 Å². The number of ether oxygens (including phenoxy) is 1. The highest BCUT2D eigenvalue weighted by Crippen LogP contribution is 2.30. The normalized spacial score (nSPS) is 40.1. The highest BCUT2D eigenvalue weighted by Gasteiger charge is 2.30. The van der Waals surface area contributed by atoms with Crippen molar-refractivity contribution < 1.29 is 4.74 Å². The summed E-state index contributed by atoms with van der Waals surface area (Å²) in [6.07, 6.45) is 12.1. The van der Waals surface area contributed by atoms with Crippen LogP contribution in [0.2, 0.25) is 0 Å². The minimum atomic E-state index is 0.460. The lowest BCUT2D eigenvalue weighted by Gasteiger charge is -2.33. The minimum absolute atomic E-state index is 0.460. The van der Waals surface area contributed by atoms with Crippen LogP contribution in [0.3, 0.4) is 0 Å². The van der Waals surface area contributed by atoms with E-state index >= 15 is 0 Å². The number of thioether (sulfide) groups is 1. The van der Waals surface area contributed by atoms with E-state index in [1.54, 1.807) is 0 Å². The number of hydrogen-bond donors (Lipinski definition) is 1. The maximum absolute atomic E-state index is 5.60. The lowest BCUT2D eigenvalue weighted by molar-refractivity contribution is 0.0380. The minimum Gasteiger partial charge on any atom is -0.380 e. The molecule has 0 heterocycles. The van der Waals surface area contributed by atoms with Gasteiger partial charge in [0.05, 0.1) is 6.10 Å². The topological polar surface area (TPSA) is 21.3 Å². The van der Waals surface area contributed by atoms with Gasteiger partial charge in [-0.25, -0.2) is 0 Å². The van der Waals surface area contributed by atoms with Crippen LogP contribution in [-0.2, 0) is 4.74 Å². The molecule has 16 heavy (non-hydrogen) atoms. The van der Waals surface area contributed by atoms with Gasteiger partial charge in [0.25, 0.3) is 0 Å². The third kappa shape index (κ3) is 3.14. The fourth-order valence-corrected chi connectivity index (χ4v) is 3.97. The molecule has 0 saturated heterocycles. The molecule has 0 aliphatic heterocycles. The van der Waals surface area contributed by atoms with Crippen molar-refractivity contribution in [3.05, 3.63) is 0 Å². The monoisotopic (exact) mass is 243 g/mol. The molecular formula is C13H25NOS. The van der Waals surface area contributed by atoms with Crippen LogP contribution in [0, 0.1) is 0 Å². The maximum atomic E-state index is 5.60. The smallest absolute Gasteiger partial charge is 0.0724 e. The first kappa shape index (κ1) is 12.7. The summed E-state index contributed by atoms with van der Waals surface area (Å²) < 4.78 is 5.60. The predicted molar refractivity (Wildman–Crippen MR) is 71.1 cm³/mol. The Morgan fingerprint density at radius 3 is 2.62 bits per heavy atom. The molecule has 2 fully saturated rings. The number of hydrogen-bond acceptors (Lipinski definition) is 3. The molecule has 4 atom stereocenters. The van der Waals surface area contributed by atoms with Crippen molar-refractivity contribution >= 4 is 11.8 Å². The third-order valence-corrected chi connectivity index (χ3v) is 5.27. The predicted octanol–water partition coefficient (Wildman–Crippen LogP) is 2.82. The van der Waals surface area contributed by atoms with Crippen molar-refractivity contribution in [2.45, 2.75) is 68.4 Å². The lowest BCUT2D eigenvalue weighted by Crippen LogP contribution is -2.47. The van der Waals surface area contributed by atoms with Gasteiger partial charge in [0, 0.05) is 24.4 Å². The Bertz CT molecular complexity index is 212. The first-order chi connectivity index (χ1) is 7.83. The van der Waals surface area contributed by atoms with Gasteiger partial charge in [0.1, 0.15) is 0 Å². The Hall–Kier alpha value is 0.270. The van der Waals surface area contributed by atoms with Crippen LogP contribution in [0.4, 0.5) is 0 Å². The molecule has 2 saturated carbocycles. The quantitative estimate of drug-likeness (QED) is 0.820. The van der Waals surface area contributed by atoms with E-state index in [4.69, 9.17) is 4.74 Å². The molecule has 2 aliphatic carbocycles. The standard InChI is InChI=1S/C13H25NOS/c1-15-13-6-4-3-5-12(13)14-10-7-8-11(9-10)16-2/h10-14H,3-9H2,1-2H3. The molecule has 3 heteroatoms. The van der Waals surface area contributed by atoms with Gasteiger partial charge in [-0.3, -0.25) is 0 Å². The molecule has 94 valence electrons. The van der Waals surface area contributed by atoms with Crippen LogP contribution in [0.1, 0.15) is 44.9 Å². The average Bonchev–Trinajstić information content (AvgIpc) is 2.77. The molecule has 2 aliphatic rings. The first-order valence-electron chi connectivity index (χ1n) is 6.65. The summed E-state index contributed by atoms with van der Waals surface area (Å²) in [5, 5.41) is 4.74. The third-order valence-electron chi connectivity index (χ3n) is 4.17. The Morgan fingerprint density at radius 2 is 1.94 bits per heavy atom. The highest BCUT2D eigenvalue weighted by atomic mass is 32.2. The van der Waals surface area contributed by atoms with Crippen LogP contribution >= 0.6 is 11.8 Å². The largest absolute Gasteiger partial charge is 0.380 e.